The summed E-state index contributed by atoms with van der Waals surface area (Å²) in [5.41, 5.74) is 2.18. The van der Waals surface area contributed by atoms with Crippen molar-refractivity contribution in [3.05, 3.63) is 35.7 Å². The summed E-state index contributed by atoms with van der Waals surface area (Å²) >= 11 is 0. The minimum atomic E-state index is 0.150. The molecule has 1 heterocycles. The number of aromatic nitrogens is 2. The van der Waals surface area contributed by atoms with Gasteiger partial charge in [-0.15, -0.1) is 0 Å². The van der Waals surface area contributed by atoms with Crippen LogP contribution in [0.25, 0.3) is 11.4 Å². The number of nitrogens with zero attached hydrogens (tertiary/aromatic N) is 3. The molecule has 0 fully saturated rings. The first-order valence-electron chi connectivity index (χ1n) is 5.50. The Morgan fingerprint density at radius 2 is 2.00 bits per heavy atom. The Kier molecular flexibility index (Phi) is 3.20. The van der Waals surface area contributed by atoms with Crippen LogP contribution in [0.15, 0.2) is 28.8 Å². The predicted molar refractivity (Wildman–Crippen MR) is 63.1 cm³/mol. The van der Waals surface area contributed by atoms with Crippen LogP contribution in [0.2, 0.25) is 0 Å². The van der Waals surface area contributed by atoms with Gasteiger partial charge in [-0.3, -0.25) is 0 Å². The highest BCUT2D eigenvalue weighted by atomic mass is 16.5. The smallest absolute Gasteiger partial charge is 0.241 e. The lowest BCUT2D eigenvalue weighted by atomic mass is 10.0. The van der Waals surface area contributed by atoms with Gasteiger partial charge in [-0.05, 0) is 11.5 Å². The maximum absolute atomic E-state index is 8.52. The third-order valence-corrected chi connectivity index (χ3v) is 2.53. The fourth-order valence-corrected chi connectivity index (χ4v) is 1.53. The Balaban J connectivity index is 2.24. The zero-order valence-corrected chi connectivity index (χ0v) is 9.84. The van der Waals surface area contributed by atoms with Crippen LogP contribution >= 0.6 is 0 Å². The second-order valence-corrected chi connectivity index (χ2v) is 4.12. The Morgan fingerprint density at radius 1 is 1.29 bits per heavy atom. The second-order valence-electron chi connectivity index (χ2n) is 4.12. The van der Waals surface area contributed by atoms with E-state index in [4.69, 9.17) is 9.78 Å². The molecule has 0 saturated heterocycles. The monoisotopic (exact) mass is 227 g/mol. The molecule has 17 heavy (non-hydrogen) atoms. The molecule has 0 aliphatic heterocycles. The van der Waals surface area contributed by atoms with Crippen LogP contribution in [0, 0.1) is 11.3 Å². The molecule has 0 saturated carbocycles. The van der Waals surface area contributed by atoms with Crippen molar-refractivity contribution in [2.24, 2.45) is 0 Å². The van der Waals surface area contributed by atoms with Gasteiger partial charge in [0.25, 0.3) is 0 Å². The summed E-state index contributed by atoms with van der Waals surface area (Å²) in [5.74, 6) is 1.39. The zero-order valence-electron chi connectivity index (χ0n) is 9.84. The largest absolute Gasteiger partial charge is 0.338 e. The van der Waals surface area contributed by atoms with Gasteiger partial charge in [-0.2, -0.15) is 10.2 Å². The van der Waals surface area contributed by atoms with Gasteiger partial charge < -0.3 is 4.52 Å². The van der Waals surface area contributed by atoms with Crippen molar-refractivity contribution in [3.8, 4) is 17.5 Å². The average molecular weight is 227 g/mol. The highest BCUT2D eigenvalue weighted by Gasteiger charge is 2.08. The molecule has 4 heteroatoms. The van der Waals surface area contributed by atoms with Gasteiger partial charge in [-0.25, -0.2) is 0 Å². The van der Waals surface area contributed by atoms with Gasteiger partial charge >= 0.3 is 0 Å². The van der Waals surface area contributed by atoms with Crippen LogP contribution in [0.5, 0.6) is 0 Å². The van der Waals surface area contributed by atoms with Crippen molar-refractivity contribution in [1.29, 1.82) is 5.26 Å². The molecule has 0 spiro atoms. The molecule has 1 aromatic heterocycles. The first kappa shape index (κ1) is 11.3. The molecule has 0 aliphatic rings. The van der Waals surface area contributed by atoms with Crippen LogP contribution in [0.4, 0.5) is 0 Å². The third-order valence-electron chi connectivity index (χ3n) is 2.53. The molecule has 0 atom stereocenters. The minimum absolute atomic E-state index is 0.150. The summed E-state index contributed by atoms with van der Waals surface area (Å²) < 4.78 is 4.95. The molecule has 2 rings (SSSR count). The summed E-state index contributed by atoms with van der Waals surface area (Å²) in [4.78, 5) is 4.14. The highest BCUT2D eigenvalue weighted by molar-refractivity contribution is 5.54. The molecule has 0 unspecified atom stereocenters. The van der Waals surface area contributed by atoms with Gasteiger partial charge in [0, 0.05) is 5.56 Å². The van der Waals surface area contributed by atoms with Crippen LogP contribution in [0.3, 0.4) is 0 Å². The zero-order chi connectivity index (χ0) is 12.3. The summed E-state index contributed by atoms with van der Waals surface area (Å²) in [7, 11) is 0. The van der Waals surface area contributed by atoms with E-state index in [2.05, 4.69) is 36.1 Å². The molecular weight excluding hydrogens is 214 g/mol. The topological polar surface area (TPSA) is 62.7 Å². The Bertz CT molecular complexity index is 535. The standard InChI is InChI=1S/C13H13N3O/c1-9(2)10-3-5-11(6-4-10)13-15-12(7-8-14)17-16-13/h3-6,9H,7H2,1-2H3. The van der Waals surface area contributed by atoms with Crippen molar-refractivity contribution >= 4 is 0 Å². The number of rotatable bonds is 3. The number of hydrogen-bond donors (Lipinski definition) is 0. The predicted octanol–water partition coefficient (Wildman–Crippen LogP) is 2.93. The van der Waals surface area contributed by atoms with E-state index in [1.54, 1.807) is 0 Å². The van der Waals surface area contributed by atoms with E-state index in [-0.39, 0.29) is 6.42 Å². The molecule has 0 bridgehead atoms. The van der Waals surface area contributed by atoms with Crippen LogP contribution < -0.4 is 0 Å². The van der Waals surface area contributed by atoms with Gasteiger partial charge in [0.05, 0.1) is 6.07 Å². The molecule has 86 valence electrons. The maximum Gasteiger partial charge on any atom is 0.241 e. The lowest BCUT2D eigenvalue weighted by Gasteiger charge is -2.04. The highest BCUT2D eigenvalue weighted by Crippen LogP contribution is 2.20. The third kappa shape index (κ3) is 2.51. The maximum atomic E-state index is 8.52. The van der Waals surface area contributed by atoms with Crippen molar-refractivity contribution in [2.75, 3.05) is 0 Å². The molecule has 1 aromatic carbocycles. The minimum Gasteiger partial charge on any atom is -0.338 e. The van der Waals surface area contributed by atoms with E-state index in [9.17, 15) is 0 Å². The second kappa shape index (κ2) is 4.79. The Morgan fingerprint density at radius 3 is 2.59 bits per heavy atom. The average Bonchev–Trinajstić information content (AvgIpc) is 2.78. The number of nitriles is 1. The van der Waals surface area contributed by atoms with Gasteiger partial charge in [-0.1, -0.05) is 43.3 Å². The molecule has 2 aromatic rings. The van der Waals surface area contributed by atoms with Crippen LogP contribution in [-0.2, 0) is 6.42 Å². The lowest BCUT2D eigenvalue weighted by molar-refractivity contribution is 0.388. The van der Waals surface area contributed by atoms with E-state index in [1.807, 2.05) is 18.2 Å². The first-order valence-corrected chi connectivity index (χ1v) is 5.50. The normalized spacial score (nSPS) is 10.5. The van der Waals surface area contributed by atoms with Gasteiger partial charge in [0.2, 0.25) is 11.7 Å². The molecule has 0 amide bonds. The van der Waals surface area contributed by atoms with E-state index < -0.39 is 0 Å². The number of benzene rings is 1. The molecule has 4 nitrogen and oxygen atoms in total. The fourth-order valence-electron chi connectivity index (χ4n) is 1.53. The van der Waals surface area contributed by atoms with E-state index in [1.165, 1.54) is 5.56 Å². The SMILES string of the molecule is CC(C)c1ccc(-c2noc(CC#N)n2)cc1. The van der Waals surface area contributed by atoms with Crippen LogP contribution in [-0.4, -0.2) is 10.1 Å². The number of hydrogen-bond acceptors (Lipinski definition) is 4. The fraction of sp³-hybridized carbons (Fsp3) is 0.308. The Labute approximate surface area is 99.9 Å². The molecule has 0 N–H and O–H groups in total. The van der Waals surface area contributed by atoms with Crippen LogP contribution in [0.1, 0.15) is 31.2 Å². The van der Waals surface area contributed by atoms with Crippen molar-refractivity contribution in [1.82, 2.24) is 10.1 Å². The molecular formula is C13H13N3O. The Hall–Kier alpha value is -2.15. The molecule has 0 aliphatic carbocycles. The summed E-state index contributed by atoms with van der Waals surface area (Å²) in [6.07, 6.45) is 0.150. The van der Waals surface area contributed by atoms with Gasteiger partial charge in [0.1, 0.15) is 6.42 Å². The summed E-state index contributed by atoms with van der Waals surface area (Å²) in [5, 5.41) is 12.4. The lowest BCUT2D eigenvalue weighted by Crippen LogP contribution is -1.88. The summed E-state index contributed by atoms with van der Waals surface area (Å²) in [6, 6.07) is 10.0. The van der Waals surface area contributed by atoms with E-state index in [0.29, 0.717) is 17.6 Å². The first-order chi connectivity index (χ1) is 8.20. The van der Waals surface area contributed by atoms with Gasteiger partial charge in [0.15, 0.2) is 0 Å². The van der Waals surface area contributed by atoms with Crippen molar-refractivity contribution in [3.63, 3.8) is 0 Å². The van der Waals surface area contributed by atoms with Crippen molar-refractivity contribution < 1.29 is 4.52 Å². The van der Waals surface area contributed by atoms with E-state index in [0.717, 1.165) is 5.56 Å². The summed E-state index contributed by atoms with van der Waals surface area (Å²) in [6.45, 7) is 4.29. The van der Waals surface area contributed by atoms with Crippen molar-refractivity contribution in [2.45, 2.75) is 26.2 Å². The molecule has 0 radical (unpaired) electrons. The van der Waals surface area contributed by atoms with E-state index >= 15 is 0 Å². The quantitative estimate of drug-likeness (QED) is 0.808.